The van der Waals surface area contributed by atoms with Gasteiger partial charge in [-0.2, -0.15) is 0 Å². The maximum absolute atomic E-state index is 13.1. The molecule has 0 N–H and O–H groups in total. The standard InChI is InChI=1S/C8H5F3INO2/c1-15-8(14)4-2-3(9)5(12)6(13-4)7(10)11/h2,7H,1H3. The molecule has 1 aromatic heterocycles. The van der Waals surface area contributed by atoms with E-state index in [4.69, 9.17) is 0 Å². The first-order valence-electron chi connectivity index (χ1n) is 3.69. The third-order valence-electron chi connectivity index (χ3n) is 1.54. The summed E-state index contributed by atoms with van der Waals surface area (Å²) in [5.41, 5.74) is -1.22. The summed E-state index contributed by atoms with van der Waals surface area (Å²) in [6, 6.07) is 0.763. The Morgan fingerprint density at radius 2 is 2.20 bits per heavy atom. The lowest BCUT2D eigenvalue weighted by molar-refractivity contribution is 0.0591. The Kier molecular flexibility index (Phi) is 3.89. The fraction of sp³-hybridized carbons (Fsp3) is 0.250. The SMILES string of the molecule is COC(=O)c1cc(F)c(I)c(C(F)F)n1. The lowest BCUT2D eigenvalue weighted by Gasteiger charge is -2.05. The summed E-state index contributed by atoms with van der Waals surface area (Å²) in [4.78, 5) is 14.3. The summed E-state index contributed by atoms with van der Waals surface area (Å²) >= 11 is 1.40. The average Bonchev–Trinajstić information content (AvgIpc) is 2.20. The molecule has 0 fully saturated rings. The zero-order valence-corrected chi connectivity index (χ0v) is 9.59. The van der Waals surface area contributed by atoms with E-state index in [1.807, 2.05) is 0 Å². The average molecular weight is 331 g/mol. The van der Waals surface area contributed by atoms with Crippen molar-refractivity contribution < 1.29 is 22.7 Å². The maximum Gasteiger partial charge on any atom is 0.356 e. The van der Waals surface area contributed by atoms with E-state index in [2.05, 4.69) is 9.72 Å². The van der Waals surface area contributed by atoms with Gasteiger partial charge in [-0.15, -0.1) is 0 Å². The summed E-state index contributed by atoms with van der Waals surface area (Å²) < 4.78 is 41.8. The number of carbonyl (C=O) groups is 1. The predicted molar refractivity (Wildman–Crippen MR) is 53.2 cm³/mol. The van der Waals surface area contributed by atoms with Crippen LogP contribution in [0.2, 0.25) is 0 Å². The number of aromatic nitrogens is 1. The number of hydrogen-bond acceptors (Lipinski definition) is 3. The molecule has 0 saturated carbocycles. The number of esters is 1. The van der Waals surface area contributed by atoms with Gasteiger partial charge < -0.3 is 4.74 Å². The molecule has 7 heteroatoms. The molecule has 0 aromatic carbocycles. The molecular weight excluding hydrogens is 326 g/mol. The molecule has 0 aliphatic heterocycles. The molecule has 1 rings (SSSR count). The quantitative estimate of drug-likeness (QED) is 0.618. The van der Waals surface area contributed by atoms with Crippen LogP contribution in [0.15, 0.2) is 6.07 Å². The first kappa shape index (κ1) is 12.2. The molecule has 1 aromatic rings. The van der Waals surface area contributed by atoms with E-state index in [1.165, 1.54) is 22.6 Å². The second kappa shape index (κ2) is 4.77. The van der Waals surface area contributed by atoms with Gasteiger partial charge in [0.15, 0.2) is 5.69 Å². The number of rotatable bonds is 2. The molecule has 0 aliphatic rings. The fourth-order valence-electron chi connectivity index (χ4n) is 0.871. The third kappa shape index (κ3) is 2.58. The van der Waals surface area contributed by atoms with Crippen LogP contribution < -0.4 is 0 Å². The monoisotopic (exact) mass is 331 g/mol. The molecule has 0 atom stereocenters. The van der Waals surface area contributed by atoms with Gasteiger partial charge in [0, 0.05) is 6.07 Å². The molecule has 0 bridgehead atoms. The van der Waals surface area contributed by atoms with Crippen molar-refractivity contribution in [3.63, 3.8) is 0 Å². The number of alkyl halides is 2. The van der Waals surface area contributed by atoms with E-state index in [1.54, 1.807) is 0 Å². The first-order chi connectivity index (χ1) is 6.97. The lowest BCUT2D eigenvalue weighted by atomic mass is 10.3. The highest BCUT2D eigenvalue weighted by molar-refractivity contribution is 14.1. The Morgan fingerprint density at radius 1 is 1.60 bits per heavy atom. The van der Waals surface area contributed by atoms with Crippen LogP contribution in [0.5, 0.6) is 0 Å². The normalized spacial score (nSPS) is 10.5. The van der Waals surface area contributed by atoms with E-state index in [-0.39, 0.29) is 3.57 Å². The van der Waals surface area contributed by atoms with E-state index in [9.17, 15) is 18.0 Å². The van der Waals surface area contributed by atoms with Crippen LogP contribution in [0.3, 0.4) is 0 Å². The minimum absolute atomic E-state index is 0.296. The molecule has 0 unspecified atom stereocenters. The minimum atomic E-state index is -2.93. The molecule has 0 radical (unpaired) electrons. The molecule has 3 nitrogen and oxygen atoms in total. The summed E-state index contributed by atoms with van der Waals surface area (Å²) in [6.07, 6.45) is -2.93. The van der Waals surface area contributed by atoms with E-state index in [0.29, 0.717) is 0 Å². The molecule has 82 valence electrons. The van der Waals surface area contributed by atoms with Crippen LogP contribution in [0, 0.1) is 9.39 Å². The largest absolute Gasteiger partial charge is 0.464 e. The van der Waals surface area contributed by atoms with Crippen molar-refractivity contribution in [3.8, 4) is 0 Å². The van der Waals surface area contributed by atoms with Crippen molar-refractivity contribution in [1.29, 1.82) is 0 Å². The van der Waals surface area contributed by atoms with Gasteiger partial charge in [0.25, 0.3) is 6.43 Å². The minimum Gasteiger partial charge on any atom is -0.464 e. The first-order valence-corrected chi connectivity index (χ1v) is 4.77. The smallest absolute Gasteiger partial charge is 0.356 e. The Labute approximate surface area is 96.8 Å². The van der Waals surface area contributed by atoms with Gasteiger partial charge >= 0.3 is 5.97 Å². The van der Waals surface area contributed by atoms with E-state index in [0.717, 1.165) is 13.2 Å². The number of ether oxygens (including phenoxy) is 1. The highest BCUT2D eigenvalue weighted by Crippen LogP contribution is 2.25. The van der Waals surface area contributed by atoms with Gasteiger partial charge in [-0.05, 0) is 22.6 Å². The highest BCUT2D eigenvalue weighted by atomic mass is 127. The van der Waals surface area contributed by atoms with Gasteiger partial charge in [-0.25, -0.2) is 22.9 Å². The zero-order chi connectivity index (χ0) is 11.6. The van der Waals surface area contributed by atoms with Crippen molar-refractivity contribution >= 4 is 28.6 Å². The summed E-state index contributed by atoms with van der Waals surface area (Å²) in [5.74, 6) is -1.87. The van der Waals surface area contributed by atoms with Crippen LogP contribution >= 0.6 is 22.6 Å². The Morgan fingerprint density at radius 3 is 2.67 bits per heavy atom. The van der Waals surface area contributed by atoms with Gasteiger partial charge in [0.05, 0.1) is 10.7 Å². The van der Waals surface area contributed by atoms with Crippen molar-refractivity contribution in [1.82, 2.24) is 4.98 Å². The number of hydrogen-bond donors (Lipinski definition) is 0. The summed E-state index contributed by atoms with van der Waals surface area (Å²) in [7, 11) is 1.06. The fourth-order valence-corrected chi connectivity index (χ4v) is 1.38. The molecule has 0 amide bonds. The highest BCUT2D eigenvalue weighted by Gasteiger charge is 2.21. The molecular formula is C8H5F3INO2. The number of methoxy groups -OCH3 is 1. The number of nitrogens with zero attached hydrogens (tertiary/aromatic N) is 1. The van der Waals surface area contributed by atoms with Crippen molar-refractivity contribution in [2.45, 2.75) is 6.43 Å². The predicted octanol–water partition coefficient (Wildman–Crippen LogP) is 2.55. The van der Waals surface area contributed by atoms with E-state index < -0.39 is 29.6 Å². The van der Waals surface area contributed by atoms with Crippen molar-refractivity contribution in [2.24, 2.45) is 0 Å². The zero-order valence-electron chi connectivity index (χ0n) is 7.43. The maximum atomic E-state index is 13.1. The molecule has 15 heavy (non-hydrogen) atoms. The number of pyridine rings is 1. The number of carbonyl (C=O) groups excluding carboxylic acids is 1. The van der Waals surface area contributed by atoms with Crippen LogP contribution in [-0.2, 0) is 4.74 Å². The second-order valence-corrected chi connectivity index (χ2v) is 3.56. The van der Waals surface area contributed by atoms with Crippen LogP contribution in [-0.4, -0.2) is 18.1 Å². The Hall–Kier alpha value is -0.860. The topological polar surface area (TPSA) is 39.2 Å². The van der Waals surface area contributed by atoms with Crippen molar-refractivity contribution in [3.05, 3.63) is 26.8 Å². The molecule has 0 spiro atoms. The van der Waals surface area contributed by atoms with E-state index >= 15 is 0 Å². The third-order valence-corrected chi connectivity index (χ3v) is 2.61. The molecule has 1 heterocycles. The molecule has 0 aliphatic carbocycles. The van der Waals surface area contributed by atoms with Gasteiger partial charge in [-0.1, -0.05) is 0 Å². The van der Waals surface area contributed by atoms with Gasteiger partial charge in [0.1, 0.15) is 11.5 Å². The van der Waals surface area contributed by atoms with Gasteiger partial charge in [-0.3, -0.25) is 0 Å². The summed E-state index contributed by atoms with van der Waals surface area (Å²) in [6.45, 7) is 0. The second-order valence-electron chi connectivity index (χ2n) is 2.48. The van der Waals surface area contributed by atoms with Crippen molar-refractivity contribution in [2.75, 3.05) is 7.11 Å². The lowest BCUT2D eigenvalue weighted by Crippen LogP contribution is -2.09. The summed E-state index contributed by atoms with van der Waals surface area (Å²) in [5, 5.41) is 0. The molecule has 0 saturated heterocycles. The number of halogens is 4. The Bertz CT molecular complexity index is 398. The van der Waals surface area contributed by atoms with Crippen LogP contribution in [0.4, 0.5) is 13.2 Å². The Balaban J connectivity index is 3.29. The van der Waals surface area contributed by atoms with Crippen LogP contribution in [0.25, 0.3) is 0 Å². The van der Waals surface area contributed by atoms with Crippen LogP contribution in [0.1, 0.15) is 22.6 Å². The van der Waals surface area contributed by atoms with Gasteiger partial charge in [0.2, 0.25) is 0 Å².